The largest absolute Gasteiger partial charge is 0.481 e. The molecule has 2 aromatic rings. The molecule has 1 heterocycles. The number of hydrogen-bond donors (Lipinski definition) is 2. The average molecular weight is 432 g/mol. The van der Waals surface area contributed by atoms with E-state index in [0.29, 0.717) is 13.0 Å². The first kappa shape index (κ1) is 21.4. The number of hydrogen-bond acceptors (Lipinski definition) is 4. The van der Waals surface area contributed by atoms with Gasteiger partial charge in [0.2, 0.25) is 0 Å². The van der Waals surface area contributed by atoms with Crippen LogP contribution in [0.15, 0.2) is 48.5 Å². The van der Waals surface area contributed by atoms with E-state index in [1.165, 1.54) is 4.90 Å². The SMILES string of the molecule is O=C(O)C[C@@H]1CCCN1C(=O)C#CCNC(=O)OCC1c2ccccc2-c2ccccc21. The molecule has 0 spiro atoms. The Labute approximate surface area is 186 Å². The smallest absolute Gasteiger partial charge is 0.407 e. The molecule has 0 aromatic heterocycles. The number of aliphatic carboxylic acids is 1. The van der Waals surface area contributed by atoms with Crippen LogP contribution in [0.3, 0.4) is 0 Å². The molecule has 2 N–H and O–H groups in total. The van der Waals surface area contributed by atoms with E-state index in [0.717, 1.165) is 28.7 Å². The molecule has 1 aliphatic heterocycles. The lowest BCUT2D eigenvalue weighted by atomic mass is 9.98. The minimum atomic E-state index is -0.931. The molecule has 0 radical (unpaired) electrons. The minimum absolute atomic E-state index is 0.0258. The van der Waals surface area contributed by atoms with E-state index in [9.17, 15) is 14.4 Å². The molecular formula is C25H24N2O5. The van der Waals surface area contributed by atoms with Gasteiger partial charge in [-0.2, -0.15) is 0 Å². The third kappa shape index (κ3) is 4.59. The van der Waals surface area contributed by atoms with Crippen molar-refractivity contribution in [2.45, 2.75) is 31.2 Å². The summed E-state index contributed by atoms with van der Waals surface area (Å²) in [6, 6.07) is 15.9. The normalized spacial score (nSPS) is 16.5. The first-order valence-corrected chi connectivity index (χ1v) is 10.6. The number of nitrogens with zero attached hydrogens (tertiary/aromatic N) is 1. The van der Waals surface area contributed by atoms with Crippen molar-refractivity contribution in [3.63, 3.8) is 0 Å². The molecule has 2 aliphatic rings. The van der Waals surface area contributed by atoms with Crippen LogP contribution in [0.4, 0.5) is 4.79 Å². The molecule has 32 heavy (non-hydrogen) atoms. The van der Waals surface area contributed by atoms with Crippen molar-refractivity contribution < 1.29 is 24.2 Å². The first-order chi connectivity index (χ1) is 15.5. The number of carbonyl (C=O) groups excluding carboxylic acids is 2. The van der Waals surface area contributed by atoms with Crippen molar-refractivity contribution in [1.82, 2.24) is 10.2 Å². The van der Waals surface area contributed by atoms with Crippen molar-refractivity contribution >= 4 is 18.0 Å². The Bertz CT molecular complexity index is 1060. The molecule has 1 fully saturated rings. The predicted octanol–water partition coefficient (Wildman–Crippen LogP) is 2.99. The Hall–Kier alpha value is -3.79. The quantitative estimate of drug-likeness (QED) is 0.708. The number of likely N-dealkylation sites (tertiary alicyclic amines) is 1. The number of nitrogens with one attached hydrogen (secondary N) is 1. The van der Waals surface area contributed by atoms with Gasteiger partial charge in [0.15, 0.2) is 0 Å². The van der Waals surface area contributed by atoms with Crippen LogP contribution in [0, 0.1) is 11.8 Å². The molecule has 0 unspecified atom stereocenters. The molecule has 4 rings (SSSR count). The van der Waals surface area contributed by atoms with E-state index < -0.39 is 18.0 Å². The minimum Gasteiger partial charge on any atom is -0.481 e. The Morgan fingerprint density at radius 3 is 2.38 bits per heavy atom. The van der Waals surface area contributed by atoms with Crippen LogP contribution < -0.4 is 5.32 Å². The lowest BCUT2D eigenvalue weighted by Crippen LogP contribution is -2.36. The fraction of sp³-hybridized carbons (Fsp3) is 0.320. The molecule has 2 amide bonds. The number of carboxylic acid groups (broad SMARTS) is 1. The van der Waals surface area contributed by atoms with Gasteiger partial charge in [0, 0.05) is 18.5 Å². The molecular weight excluding hydrogens is 408 g/mol. The summed E-state index contributed by atoms with van der Waals surface area (Å²) >= 11 is 0. The fourth-order valence-corrected chi connectivity index (χ4v) is 4.47. The van der Waals surface area contributed by atoms with Crippen LogP contribution in [-0.2, 0) is 14.3 Å². The number of benzene rings is 2. The van der Waals surface area contributed by atoms with Gasteiger partial charge >= 0.3 is 12.1 Å². The number of alkyl carbamates (subject to hydrolysis) is 1. The highest BCUT2D eigenvalue weighted by Gasteiger charge is 2.30. The van der Waals surface area contributed by atoms with Gasteiger partial charge in [-0.25, -0.2) is 4.79 Å². The average Bonchev–Trinajstić information content (AvgIpc) is 3.37. The zero-order valence-electron chi connectivity index (χ0n) is 17.5. The molecule has 1 saturated heterocycles. The monoisotopic (exact) mass is 432 g/mol. The summed E-state index contributed by atoms with van der Waals surface area (Å²) in [5, 5.41) is 11.5. The van der Waals surface area contributed by atoms with E-state index in [2.05, 4.69) is 29.3 Å². The van der Waals surface area contributed by atoms with Crippen LogP contribution in [0.1, 0.15) is 36.3 Å². The number of carboxylic acids is 1. The summed E-state index contributed by atoms with van der Waals surface area (Å²) in [5.41, 5.74) is 4.58. The molecule has 7 heteroatoms. The molecule has 1 aliphatic carbocycles. The Morgan fingerprint density at radius 2 is 1.72 bits per heavy atom. The summed E-state index contributed by atoms with van der Waals surface area (Å²) in [7, 11) is 0. The highest BCUT2D eigenvalue weighted by Crippen LogP contribution is 2.44. The third-order valence-corrected chi connectivity index (χ3v) is 5.91. The van der Waals surface area contributed by atoms with Crippen molar-refractivity contribution in [3.8, 4) is 23.0 Å². The van der Waals surface area contributed by atoms with Gasteiger partial charge in [-0.1, -0.05) is 54.5 Å². The van der Waals surface area contributed by atoms with Crippen molar-refractivity contribution in [1.29, 1.82) is 0 Å². The van der Waals surface area contributed by atoms with Crippen molar-refractivity contribution in [3.05, 3.63) is 59.7 Å². The summed E-state index contributed by atoms with van der Waals surface area (Å²) < 4.78 is 5.43. The van der Waals surface area contributed by atoms with E-state index >= 15 is 0 Å². The zero-order valence-corrected chi connectivity index (χ0v) is 17.5. The maximum absolute atomic E-state index is 12.2. The molecule has 7 nitrogen and oxygen atoms in total. The summed E-state index contributed by atoms with van der Waals surface area (Å²) in [4.78, 5) is 36.8. The van der Waals surface area contributed by atoms with Gasteiger partial charge in [0.1, 0.15) is 6.61 Å². The molecule has 2 aromatic carbocycles. The van der Waals surface area contributed by atoms with Gasteiger partial charge in [0.25, 0.3) is 5.91 Å². The number of amides is 2. The van der Waals surface area contributed by atoms with Gasteiger partial charge in [-0.15, -0.1) is 0 Å². The highest BCUT2D eigenvalue weighted by atomic mass is 16.5. The van der Waals surface area contributed by atoms with Gasteiger partial charge in [0.05, 0.1) is 13.0 Å². The van der Waals surface area contributed by atoms with Crippen molar-refractivity contribution in [2.24, 2.45) is 0 Å². The maximum Gasteiger partial charge on any atom is 0.407 e. The van der Waals surface area contributed by atoms with E-state index in [1.807, 2.05) is 36.4 Å². The Kier molecular flexibility index (Phi) is 6.41. The summed E-state index contributed by atoms with van der Waals surface area (Å²) in [6.45, 7) is 0.683. The summed E-state index contributed by atoms with van der Waals surface area (Å²) in [6.07, 6.45) is 0.755. The third-order valence-electron chi connectivity index (χ3n) is 5.91. The zero-order chi connectivity index (χ0) is 22.5. The van der Waals surface area contributed by atoms with Crippen LogP contribution >= 0.6 is 0 Å². The Balaban J connectivity index is 1.28. The molecule has 0 saturated carbocycles. The van der Waals surface area contributed by atoms with Gasteiger partial charge in [-0.3, -0.25) is 9.59 Å². The van der Waals surface area contributed by atoms with Gasteiger partial charge < -0.3 is 20.1 Å². The van der Waals surface area contributed by atoms with E-state index in [1.54, 1.807) is 0 Å². The molecule has 0 bridgehead atoms. The second-order valence-corrected chi connectivity index (χ2v) is 7.87. The van der Waals surface area contributed by atoms with Crippen molar-refractivity contribution in [2.75, 3.05) is 19.7 Å². The maximum atomic E-state index is 12.2. The van der Waals surface area contributed by atoms with Crippen LogP contribution in [0.5, 0.6) is 0 Å². The topological polar surface area (TPSA) is 95.9 Å². The van der Waals surface area contributed by atoms with Crippen LogP contribution in [0.25, 0.3) is 11.1 Å². The summed E-state index contributed by atoms with van der Waals surface area (Å²) in [5.74, 6) is 3.74. The van der Waals surface area contributed by atoms with E-state index in [4.69, 9.17) is 9.84 Å². The molecule has 1 atom stereocenters. The standard InChI is InChI=1S/C25H24N2O5/c28-23(27-14-6-7-17(27)15-24(29)30)12-5-13-26-25(31)32-16-22-20-10-3-1-8-18(20)19-9-2-4-11-21(19)22/h1-4,8-11,17,22H,6-7,13-16H2,(H,26,31)(H,29,30)/t17-/m0/s1. The lowest BCUT2D eigenvalue weighted by molar-refractivity contribution is -0.139. The fourth-order valence-electron chi connectivity index (χ4n) is 4.47. The highest BCUT2D eigenvalue weighted by molar-refractivity contribution is 5.94. The van der Waals surface area contributed by atoms with Gasteiger partial charge in [-0.05, 0) is 41.0 Å². The number of rotatable bonds is 5. The lowest BCUT2D eigenvalue weighted by Gasteiger charge is -2.20. The first-order valence-electron chi connectivity index (χ1n) is 10.6. The Morgan fingerprint density at radius 1 is 1.06 bits per heavy atom. The number of fused-ring (bicyclic) bond motifs is 3. The van der Waals surface area contributed by atoms with Crippen LogP contribution in [-0.4, -0.2) is 53.7 Å². The number of carbonyl (C=O) groups is 3. The number of ether oxygens (including phenoxy) is 1. The van der Waals surface area contributed by atoms with E-state index in [-0.39, 0.29) is 31.5 Å². The van der Waals surface area contributed by atoms with Crippen LogP contribution in [0.2, 0.25) is 0 Å². The second kappa shape index (κ2) is 9.56. The molecule has 164 valence electrons. The second-order valence-electron chi connectivity index (χ2n) is 7.87. The predicted molar refractivity (Wildman–Crippen MR) is 118 cm³/mol.